The predicted octanol–water partition coefficient (Wildman–Crippen LogP) is 6.23. The standard InChI is InChI=1S/C35H42F2N4O5/c1-35(2,3)46-34(43)40(31-19-26(36)24(33(42)45-6)18-32(31)44-5)15-8-9-23-17-25-28(38-29-14-16-39(4)21-27(29)37)10-7-11-30(25)41(23)20-22-12-13-22/h7,10-11,17-19,22,27,29,38H,12-16,20-21H2,1-6H3/t27-,29+/m0/s1. The van der Waals surface area contributed by atoms with Crippen LogP contribution in [0, 0.1) is 23.6 Å². The van der Waals surface area contributed by atoms with Crippen LogP contribution in [0.5, 0.6) is 5.75 Å². The molecular formula is C35H42F2N4O5. The Hall–Kier alpha value is -4.30. The summed E-state index contributed by atoms with van der Waals surface area (Å²) in [4.78, 5) is 28.7. The van der Waals surface area contributed by atoms with Crippen LogP contribution in [0.4, 0.5) is 25.0 Å². The lowest BCUT2D eigenvalue weighted by molar-refractivity contribution is 0.0581. The number of alkyl halides is 1. The molecule has 1 N–H and O–H groups in total. The highest BCUT2D eigenvalue weighted by Gasteiger charge is 2.30. The van der Waals surface area contributed by atoms with Crippen molar-refractivity contribution in [2.24, 2.45) is 5.92 Å². The van der Waals surface area contributed by atoms with Crippen molar-refractivity contribution in [2.75, 3.05) is 51.1 Å². The number of carbonyl (C=O) groups is 2. The number of anilines is 2. The lowest BCUT2D eigenvalue weighted by Gasteiger charge is -2.33. The van der Waals surface area contributed by atoms with Crippen LogP contribution in [0.15, 0.2) is 36.4 Å². The molecule has 1 amide bonds. The Morgan fingerprint density at radius 2 is 1.89 bits per heavy atom. The minimum absolute atomic E-state index is 0.0557. The van der Waals surface area contributed by atoms with Gasteiger partial charge in [-0.2, -0.15) is 0 Å². The van der Waals surface area contributed by atoms with Crippen molar-refractivity contribution in [3.8, 4) is 17.6 Å². The number of fused-ring (bicyclic) bond motifs is 1. The molecule has 1 aliphatic carbocycles. The maximum atomic E-state index is 15.1. The number of nitrogens with one attached hydrogen (secondary N) is 1. The van der Waals surface area contributed by atoms with Crippen molar-refractivity contribution < 1.29 is 32.6 Å². The number of carbonyl (C=O) groups excluding carboxylic acids is 2. The zero-order chi connectivity index (χ0) is 33.2. The van der Waals surface area contributed by atoms with Crippen LogP contribution >= 0.6 is 0 Å². The van der Waals surface area contributed by atoms with Gasteiger partial charge >= 0.3 is 12.1 Å². The molecule has 2 aliphatic rings. The third-order valence-electron chi connectivity index (χ3n) is 8.20. The number of nitrogens with zero attached hydrogens (tertiary/aromatic N) is 3. The van der Waals surface area contributed by atoms with E-state index in [1.807, 2.05) is 36.2 Å². The lowest BCUT2D eigenvalue weighted by atomic mass is 10.0. The molecule has 3 aromatic rings. The molecule has 9 nitrogen and oxygen atoms in total. The summed E-state index contributed by atoms with van der Waals surface area (Å²) >= 11 is 0. The zero-order valence-corrected chi connectivity index (χ0v) is 27.3. The zero-order valence-electron chi connectivity index (χ0n) is 27.3. The van der Waals surface area contributed by atoms with Crippen molar-refractivity contribution in [3.05, 3.63) is 53.5 Å². The average molecular weight is 637 g/mol. The van der Waals surface area contributed by atoms with E-state index in [2.05, 4.69) is 26.5 Å². The summed E-state index contributed by atoms with van der Waals surface area (Å²) in [7, 11) is 4.44. The summed E-state index contributed by atoms with van der Waals surface area (Å²) in [5.74, 6) is 5.20. The van der Waals surface area contributed by atoms with Gasteiger partial charge in [-0.1, -0.05) is 12.0 Å². The molecule has 0 unspecified atom stereocenters. The Bertz CT molecular complexity index is 1670. The fourth-order valence-electron chi connectivity index (χ4n) is 5.65. The topological polar surface area (TPSA) is 85.3 Å². The van der Waals surface area contributed by atoms with Gasteiger partial charge in [0.1, 0.15) is 23.3 Å². The number of aromatic nitrogens is 1. The van der Waals surface area contributed by atoms with Gasteiger partial charge in [-0.3, -0.25) is 4.90 Å². The quantitative estimate of drug-likeness (QED) is 0.232. The SMILES string of the molecule is COC(=O)c1cc(OC)c(N(CC#Cc2cc3c(N[C@@H]4CCN(C)C[C@@H]4F)cccc3n2CC2CC2)C(=O)OC(C)(C)C)cc1F. The summed E-state index contributed by atoms with van der Waals surface area (Å²) in [5, 5.41) is 4.40. The smallest absolute Gasteiger partial charge is 0.415 e. The number of benzene rings is 2. The molecule has 0 spiro atoms. The molecule has 46 heavy (non-hydrogen) atoms. The van der Waals surface area contributed by atoms with Crippen molar-refractivity contribution in [2.45, 2.75) is 64.4 Å². The van der Waals surface area contributed by atoms with Crippen LogP contribution in [0.2, 0.25) is 0 Å². The Morgan fingerprint density at radius 1 is 1.13 bits per heavy atom. The predicted molar refractivity (Wildman–Crippen MR) is 174 cm³/mol. The van der Waals surface area contributed by atoms with Crippen LogP contribution < -0.4 is 15.0 Å². The highest BCUT2D eigenvalue weighted by molar-refractivity contribution is 5.95. The van der Waals surface area contributed by atoms with Crippen LogP contribution in [0.1, 0.15) is 56.1 Å². The maximum absolute atomic E-state index is 15.1. The van der Waals surface area contributed by atoms with Crippen molar-refractivity contribution >= 4 is 34.3 Å². The van der Waals surface area contributed by atoms with Gasteiger partial charge in [-0.15, -0.1) is 0 Å². The van der Waals surface area contributed by atoms with Gasteiger partial charge in [0.15, 0.2) is 0 Å². The molecule has 5 rings (SSSR count). The van der Waals surface area contributed by atoms with Gasteiger partial charge in [0.25, 0.3) is 0 Å². The largest absolute Gasteiger partial charge is 0.495 e. The second-order valence-corrected chi connectivity index (χ2v) is 13.0. The van der Waals surface area contributed by atoms with E-state index < -0.39 is 29.7 Å². The van der Waals surface area contributed by atoms with Crippen LogP contribution in [0.25, 0.3) is 10.9 Å². The van der Waals surface area contributed by atoms with Gasteiger partial charge in [-0.25, -0.2) is 18.4 Å². The number of halogens is 2. The molecule has 0 bridgehead atoms. The Kier molecular flexibility index (Phi) is 9.77. The van der Waals surface area contributed by atoms with Gasteiger partial charge < -0.3 is 29.0 Å². The number of amides is 1. The van der Waals surface area contributed by atoms with Crippen molar-refractivity contribution in [1.82, 2.24) is 9.47 Å². The first-order valence-corrected chi connectivity index (χ1v) is 15.5. The van der Waals surface area contributed by atoms with Crippen LogP contribution in [0.3, 0.4) is 0 Å². The monoisotopic (exact) mass is 636 g/mol. The molecule has 2 atom stereocenters. The summed E-state index contributed by atoms with van der Waals surface area (Å²) in [6.07, 6.45) is 1.25. The third-order valence-corrected chi connectivity index (χ3v) is 8.20. The first-order valence-electron chi connectivity index (χ1n) is 15.5. The van der Waals surface area contributed by atoms with Gasteiger partial charge in [0.2, 0.25) is 0 Å². The Balaban J connectivity index is 1.50. The van der Waals surface area contributed by atoms with Gasteiger partial charge in [0.05, 0.1) is 49.3 Å². The minimum atomic E-state index is -0.982. The van der Waals surface area contributed by atoms with Crippen LogP contribution in [-0.4, -0.2) is 80.2 Å². The van der Waals surface area contributed by atoms with E-state index >= 15 is 4.39 Å². The number of methoxy groups -OCH3 is 2. The van der Waals surface area contributed by atoms with Crippen molar-refractivity contribution in [3.63, 3.8) is 0 Å². The Morgan fingerprint density at radius 3 is 2.54 bits per heavy atom. The summed E-state index contributed by atoms with van der Waals surface area (Å²) < 4.78 is 48.0. The highest BCUT2D eigenvalue weighted by Crippen LogP contribution is 2.36. The summed E-state index contributed by atoms with van der Waals surface area (Å²) in [5.41, 5.74) is 1.49. The fraction of sp³-hybridized carbons (Fsp3) is 0.486. The summed E-state index contributed by atoms with van der Waals surface area (Å²) in [6, 6.07) is 9.92. The molecule has 2 fully saturated rings. The van der Waals surface area contributed by atoms with Crippen molar-refractivity contribution in [1.29, 1.82) is 0 Å². The number of piperidine rings is 1. The molecule has 246 valence electrons. The second-order valence-electron chi connectivity index (χ2n) is 13.0. The first-order chi connectivity index (χ1) is 21.9. The third kappa shape index (κ3) is 7.56. The molecule has 2 heterocycles. The lowest BCUT2D eigenvalue weighted by Crippen LogP contribution is -2.46. The molecule has 1 saturated carbocycles. The minimum Gasteiger partial charge on any atom is -0.495 e. The molecule has 11 heteroatoms. The maximum Gasteiger partial charge on any atom is 0.415 e. The Labute approximate surface area is 268 Å². The highest BCUT2D eigenvalue weighted by atomic mass is 19.1. The first kappa shape index (κ1) is 33.1. The number of rotatable bonds is 8. The molecule has 0 radical (unpaired) electrons. The normalized spacial score (nSPS) is 18.4. The average Bonchev–Trinajstić information content (AvgIpc) is 3.75. The molecule has 1 saturated heterocycles. The van der Waals surface area contributed by atoms with E-state index in [1.165, 1.54) is 18.1 Å². The van der Waals surface area contributed by atoms with E-state index in [9.17, 15) is 14.0 Å². The van der Waals surface area contributed by atoms with Crippen LogP contribution in [-0.2, 0) is 16.0 Å². The fourth-order valence-corrected chi connectivity index (χ4v) is 5.65. The summed E-state index contributed by atoms with van der Waals surface area (Å²) in [6.45, 7) is 7.03. The molecule has 1 aromatic heterocycles. The van der Waals surface area contributed by atoms with E-state index in [-0.39, 0.29) is 29.6 Å². The second kappa shape index (κ2) is 13.6. The van der Waals surface area contributed by atoms with E-state index in [4.69, 9.17) is 9.47 Å². The van der Waals surface area contributed by atoms with Gasteiger partial charge in [-0.05, 0) is 83.2 Å². The van der Waals surface area contributed by atoms with E-state index in [0.29, 0.717) is 18.9 Å². The molecule has 2 aromatic carbocycles. The van der Waals surface area contributed by atoms with E-state index in [1.54, 1.807) is 20.8 Å². The number of hydrogen-bond donors (Lipinski definition) is 1. The number of ether oxygens (including phenoxy) is 3. The molecule has 1 aliphatic heterocycles. The number of esters is 1. The number of likely N-dealkylation sites (tertiary alicyclic amines) is 1. The van der Waals surface area contributed by atoms with Gasteiger partial charge in [0, 0.05) is 36.8 Å². The molecular weight excluding hydrogens is 594 g/mol. The number of hydrogen-bond acceptors (Lipinski definition) is 7. The van der Waals surface area contributed by atoms with E-state index in [0.717, 1.165) is 61.4 Å².